The van der Waals surface area contributed by atoms with Crippen LogP contribution in [0.1, 0.15) is 62.3 Å². The molecule has 5 aromatic rings. The van der Waals surface area contributed by atoms with Gasteiger partial charge in [0.2, 0.25) is 0 Å². The largest absolute Gasteiger partial charge is 0.416 e. The van der Waals surface area contributed by atoms with E-state index in [1.165, 1.54) is 44.3 Å². The molecule has 0 aliphatic carbocycles. The average molecular weight is 906 g/mol. The first-order chi connectivity index (χ1) is 24.1. The molecule has 0 amide bonds. The fourth-order valence-corrected chi connectivity index (χ4v) is 6.42. The number of alkyl halides is 6. The summed E-state index contributed by atoms with van der Waals surface area (Å²) in [6.45, 7) is 9.74. The van der Waals surface area contributed by atoms with Crippen molar-refractivity contribution in [3.63, 3.8) is 0 Å². The molecule has 0 fully saturated rings. The highest BCUT2D eigenvalue weighted by Gasteiger charge is 2.32. The summed E-state index contributed by atoms with van der Waals surface area (Å²) in [6, 6.07) is 11.3. The summed E-state index contributed by atoms with van der Waals surface area (Å²) < 4.78 is 83.3. The van der Waals surface area contributed by atoms with E-state index >= 15 is 0 Å². The second-order valence-electron chi connectivity index (χ2n) is 12.1. The van der Waals surface area contributed by atoms with Crippen LogP contribution in [0, 0.1) is 17.4 Å². The number of benzene rings is 2. The minimum Gasteiger partial charge on any atom is -0.268 e. The molecule has 0 aliphatic heterocycles. The molecule has 17 heteroatoms. The molecule has 0 saturated carbocycles. The lowest BCUT2D eigenvalue weighted by molar-refractivity contribution is -0.138. The number of hydrogen-bond donors (Lipinski definition) is 0. The van der Waals surface area contributed by atoms with Gasteiger partial charge in [0.25, 0.3) is 11.1 Å². The molecule has 0 saturated heterocycles. The van der Waals surface area contributed by atoms with Gasteiger partial charge in [-0.05, 0) is 129 Å². The highest BCUT2D eigenvalue weighted by Crippen LogP contribution is 2.32. The Kier molecular flexibility index (Phi) is 12.0. The van der Waals surface area contributed by atoms with Gasteiger partial charge in [0, 0.05) is 35.2 Å². The van der Waals surface area contributed by atoms with Crippen molar-refractivity contribution in [2.45, 2.75) is 66.0 Å². The maximum Gasteiger partial charge on any atom is 0.416 e. The molecule has 3 heterocycles. The Bertz CT molecular complexity index is 2390. The molecule has 52 heavy (non-hydrogen) atoms. The predicted octanol–water partition coefficient (Wildman–Crippen LogP) is 8.24. The molecule has 0 radical (unpaired) electrons. The van der Waals surface area contributed by atoms with Crippen molar-refractivity contribution in [2.75, 3.05) is 0 Å². The Hall–Kier alpha value is -4.26. The molecule has 5 rings (SSSR count). The third-order valence-corrected chi connectivity index (χ3v) is 9.78. The minimum atomic E-state index is -4.56. The van der Waals surface area contributed by atoms with Crippen LogP contribution in [0.2, 0.25) is 0 Å². The van der Waals surface area contributed by atoms with Crippen molar-refractivity contribution in [1.29, 1.82) is 0 Å². The monoisotopic (exact) mass is 905 g/mol. The van der Waals surface area contributed by atoms with Crippen LogP contribution in [0.5, 0.6) is 0 Å². The molecule has 0 aliphatic rings. The van der Waals surface area contributed by atoms with E-state index in [-0.39, 0.29) is 22.6 Å². The van der Waals surface area contributed by atoms with Crippen LogP contribution in [-0.2, 0) is 12.4 Å². The summed E-state index contributed by atoms with van der Waals surface area (Å²) in [5, 5.41) is 0. The van der Waals surface area contributed by atoms with E-state index in [1.54, 1.807) is 62.4 Å². The Balaban J connectivity index is 0.000000239. The van der Waals surface area contributed by atoms with E-state index in [0.717, 1.165) is 42.5 Å². The van der Waals surface area contributed by atoms with Gasteiger partial charge in [-0.25, -0.2) is 14.6 Å². The molecule has 0 unspecified atom stereocenters. The van der Waals surface area contributed by atoms with Crippen molar-refractivity contribution >= 4 is 38.5 Å². The second-order valence-corrected chi connectivity index (χ2v) is 13.9. The highest BCUT2D eigenvalue weighted by atomic mass is 127. The van der Waals surface area contributed by atoms with Crippen LogP contribution in [0.3, 0.4) is 0 Å². The number of pyridine rings is 1. The van der Waals surface area contributed by atoms with Crippen molar-refractivity contribution < 1.29 is 26.3 Å². The molecule has 0 atom stereocenters. The van der Waals surface area contributed by atoms with Crippen LogP contribution in [0.4, 0.5) is 26.3 Å². The maximum atomic E-state index is 13.2. The SMILES string of the molecule is Cc1c(-c2cccnc2Br)c(=O)n(C(C)C)c(=O)n1-c1cccc(C(F)(F)F)c1.Cc1c(I)c(=O)n(C(C)C)c(=O)n1-c1cccc(C(F)(F)F)c1. The fraction of sp³-hybridized carbons (Fsp3) is 0.286. The van der Waals surface area contributed by atoms with E-state index in [2.05, 4.69) is 20.9 Å². The Labute approximate surface area is 314 Å². The van der Waals surface area contributed by atoms with Gasteiger partial charge in [0.05, 0.1) is 31.6 Å². The van der Waals surface area contributed by atoms with Gasteiger partial charge in [0.15, 0.2) is 0 Å². The van der Waals surface area contributed by atoms with Crippen molar-refractivity contribution in [1.82, 2.24) is 23.3 Å². The van der Waals surface area contributed by atoms with Gasteiger partial charge in [-0.2, -0.15) is 26.3 Å². The lowest BCUT2D eigenvalue weighted by Gasteiger charge is -2.20. The Morgan fingerprint density at radius 2 is 1.12 bits per heavy atom. The molecule has 9 nitrogen and oxygen atoms in total. The van der Waals surface area contributed by atoms with Crippen molar-refractivity contribution in [3.8, 4) is 22.5 Å². The van der Waals surface area contributed by atoms with Gasteiger partial charge in [-0.3, -0.25) is 27.9 Å². The predicted molar refractivity (Wildman–Crippen MR) is 196 cm³/mol. The summed E-state index contributed by atoms with van der Waals surface area (Å²) in [4.78, 5) is 55.2. The number of halogens is 8. The molecule has 276 valence electrons. The zero-order chi connectivity index (χ0) is 39.0. The first-order valence-corrected chi connectivity index (χ1v) is 17.3. The zero-order valence-electron chi connectivity index (χ0n) is 28.4. The van der Waals surface area contributed by atoms with Crippen LogP contribution in [-0.4, -0.2) is 23.3 Å². The molecule has 0 bridgehead atoms. The summed E-state index contributed by atoms with van der Waals surface area (Å²) in [5.74, 6) is 0. The number of rotatable bonds is 5. The molecule has 3 aromatic heterocycles. The molecular weight excluding hydrogens is 875 g/mol. The van der Waals surface area contributed by atoms with Crippen molar-refractivity contribution in [2.24, 2.45) is 0 Å². The minimum absolute atomic E-state index is 0.0259. The normalized spacial score (nSPS) is 11.9. The topological polar surface area (TPSA) is 101 Å². The standard InChI is InChI=1S/C20H17BrF3N3O2.C15H14F3IN2O2/c1-11(2)26-18(28)16(15-8-5-9-25-17(15)21)12(3)27(19(26)29)14-7-4-6-13(10-14)20(22,23)24;1-8(2)20-13(22)12(19)9(3)21(14(20)23)11-6-4-5-10(7-11)15(16,17)18/h4-11H,1-3H3;4-8H,1-3H3. The summed E-state index contributed by atoms with van der Waals surface area (Å²) in [6.07, 6.45) is -7.53. The third-order valence-electron chi connectivity index (χ3n) is 7.91. The summed E-state index contributed by atoms with van der Waals surface area (Å²) in [7, 11) is 0. The van der Waals surface area contributed by atoms with E-state index in [0.29, 0.717) is 19.4 Å². The third kappa shape index (κ3) is 8.04. The van der Waals surface area contributed by atoms with E-state index in [9.17, 15) is 45.5 Å². The second kappa shape index (κ2) is 15.4. The molecule has 2 aromatic carbocycles. The van der Waals surface area contributed by atoms with Gasteiger partial charge in [-0.1, -0.05) is 12.1 Å². The summed E-state index contributed by atoms with van der Waals surface area (Å²) >= 11 is 5.11. The number of nitrogens with zero attached hydrogens (tertiary/aromatic N) is 5. The first kappa shape index (κ1) is 40.5. The van der Waals surface area contributed by atoms with Crippen LogP contribution in [0.15, 0.2) is 90.6 Å². The average Bonchev–Trinajstić information content (AvgIpc) is 3.04. The first-order valence-electron chi connectivity index (χ1n) is 15.5. The highest BCUT2D eigenvalue weighted by molar-refractivity contribution is 14.1. The van der Waals surface area contributed by atoms with Gasteiger partial charge in [-0.15, -0.1) is 0 Å². The van der Waals surface area contributed by atoms with E-state index in [1.807, 2.05) is 0 Å². The van der Waals surface area contributed by atoms with E-state index in [4.69, 9.17) is 0 Å². The number of aromatic nitrogens is 5. The fourth-order valence-electron chi connectivity index (χ4n) is 5.47. The van der Waals surface area contributed by atoms with E-state index < -0.39 is 58.1 Å². The maximum absolute atomic E-state index is 13.2. The zero-order valence-corrected chi connectivity index (χ0v) is 32.1. The van der Waals surface area contributed by atoms with Crippen LogP contribution < -0.4 is 22.5 Å². The van der Waals surface area contributed by atoms with Gasteiger partial charge in [0.1, 0.15) is 4.60 Å². The molecular formula is C35H31BrF6IN5O4. The van der Waals surface area contributed by atoms with Crippen LogP contribution in [0.25, 0.3) is 22.5 Å². The van der Waals surface area contributed by atoms with Crippen molar-refractivity contribution in [3.05, 3.63) is 139 Å². The smallest absolute Gasteiger partial charge is 0.268 e. The quantitative estimate of drug-likeness (QED) is 0.101. The summed E-state index contributed by atoms with van der Waals surface area (Å²) in [5.41, 5.74) is -2.76. The lowest BCUT2D eigenvalue weighted by Crippen LogP contribution is -2.43. The molecule has 0 spiro atoms. The van der Waals surface area contributed by atoms with Gasteiger partial charge >= 0.3 is 23.7 Å². The van der Waals surface area contributed by atoms with Crippen LogP contribution >= 0.6 is 38.5 Å². The Morgan fingerprint density at radius 1 is 0.673 bits per heavy atom. The lowest BCUT2D eigenvalue weighted by atomic mass is 10.1. The number of hydrogen-bond acceptors (Lipinski definition) is 5. The Morgan fingerprint density at radius 3 is 1.54 bits per heavy atom. The van der Waals surface area contributed by atoms with Gasteiger partial charge < -0.3 is 0 Å². The molecule has 0 N–H and O–H groups in total.